The van der Waals surface area contributed by atoms with Crippen molar-refractivity contribution in [1.82, 2.24) is 0 Å². The van der Waals surface area contributed by atoms with E-state index in [0.717, 1.165) is 16.8 Å². The number of rotatable bonds is 3. The van der Waals surface area contributed by atoms with E-state index in [-0.39, 0.29) is 11.3 Å². The van der Waals surface area contributed by atoms with Gasteiger partial charge in [0.2, 0.25) is 0 Å². The van der Waals surface area contributed by atoms with Crippen LogP contribution in [0.25, 0.3) is 0 Å². The number of halogens is 1. The van der Waals surface area contributed by atoms with Crippen LogP contribution in [0.1, 0.15) is 42.3 Å². The zero-order valence-corrected chi connectivity index (χ0v) is 13.4. The molecule has 0 saturated heterocycles. The Kier molecular flexibility index (Phi) is 4.69. The van der Waals surface area contributed by atoms with Gasteiger partial charge in [0.15, 0.2) is 0 Å². The Morgan fingerprint density at radius 1 is 1.05 bits per heavy atom. The number of hydrogen-bond acceptors (Lipinski definition) is 1. The lowest BCUT2D eigenvalue weighted by Gasteiger charge is -2.22. The maximum atomic E-state index is 12.5. The summed E-state index contributed by atoms with van der Waals surface area (Å²) in [5, 5.41) is 2.94. The number of anilines is 1. The number of benzene rings is 2. The van der Waals surface area contributed by atoms with Crippen LogP contribution in [-0.4, -0.2) is 5.91 Å². The second-order valence-corrected chi connectivity index (χ2v) is 6.35. The van der Waals surface area contributed by atoms with Gasteiger partial charge in [0.25, 0.3) is 5.91 Å². The normalized spacial score (nSPS) is 11.2. The molecule has 21 heavy (non-hydrogen) atoms. The number of carbonyl (C=O) groups is 1. The van der Waals surface area contributed by atoms with Crippen molar-refractivity contribution < 1.29 is 4.79 Å². The molecule has 0 unspecified atom stereocenters. The van der Waals surface area contributed by atoms with Gasteiger partial charge in [-0.15, -0.1) is 11.6 Å². The van der Waals surface area contributed by atoms with Gasteiger partial charge in [0.05, 0.1) is 0 Å². The molecular formula is C18H20ClNO. The lowest BCUT2D eigenvalue weighted by molar-refractivity contribution is 0.102. The van der Waals surface area contributed by atoms with Crippen molar-refractivity contribution in [1.29, 1.82) is 0 Å². The summed E-state index contributed by atoms with van der Waals surface area (Å²) >= 11 is 5.76. The summed E-state index contributed by atoms with van der Waals surface area (Å²) in [6, 6.07) is 15.3. The highest BCUT2D eigenvalue weighted by Crippen LogP contribution is 2.26. The smallest absolute Gasteiger partial charge is 0.255 e. The third-order valence-corrected chi connectivity index (χ3v) is 3.65. The first-order chi connectivity index (χ1) is 9.91. The van der Waals surface area contributed by atoms with Crippen molar-refractivity contribution in [2.24, 2.45) is 0 Å². The molecular weight excluding hydrogens is 282 g/mol. The standard InChI is InChI=1S/C18H20ClNO/c1-18(2,3)16-7-5-4-6-15(16)17(21)20-14-10-8-13(12-19)9-11-14/h4-11H,12H2,1-3H3,(H,20,21). The summed E-state index contributed by atoms with van der Waals surface area (Å²) in [5.74, 6) is 0.389. The molecule has 0 fully saturated rings. The summed E-state index contributed by atoms with van der Waals surface area (Å²) in [6.45, 7) is 6.32. The SMILES string of the molecule is CC(C)(C)c1ccccc1C(=O)Nc1ccc(CCl)cc1. The van der Waals surface area contributed by atoms with E-state index in [1.807, 2.05) is 48.5 Å². The molecule has 110 valence electrons. The minimum Gasteiger partial charge on any atom is -0.322 e. The number of carbonyl (C=O) groups excluding carboxylic acids is 1. The average molecular weight is 302 g/mol. The van der Waals surface area contributed by atoms with Gasteiger partial charge in [-0.25, -0.2) is 0 Å². The van der Waals surface area contributed by atoms with Gasteiger partial charge < -0.3 is 5.32 Å². The van der Waals surface area contributed by atoms with Crippen molar-refractivity contribution in [3.05, 3.63) is 65.2 Å². The van der Waals surface area contributed by atoms with Crippen LogP contribution in [0.2, 0.25) is 0 Å². The molecule has 0 aliphatic carbocycles. The van der Waals surface area contributed by atoms with Crippen LogP contribution in [0.4, 0.5) is 5.69 Å². The average Bonchev–Trinajstić information content (AvgIpc) is 2.47. The van der Waals surface area contributed by atoms with Gasteiger partial charge >= 0.3 is 0 Å². The Hall–Kier alpha value is -1.80. The Balaban J connectivity index is 2.24. The van der Waals surface area contributed by atoms with E-state index in [2.05, 4.69) is 26.1 Å². The highest BCUT2D eigenvalue weighted by atomic mass is 35.5. The first kappa shape index (κ1) is 15.6. The lowest BCUT2D eigenvalue weighted by atomic mass is 9.83. The lowest BCUT2D eigenvalue weighted by Crippen LogP contribution is -2.20. The molecule has 0 aromatic heterocycles. The summed E-state index contributed by atoms with van der Waals surface area (Å²) in [5.41, 5.74) is 3.49. The molecule has 0 spiro atoms. The zero-order chi connectivity index (χ0) is 15.5. The van der Waals surface area contributed by atoms with E-state index in [4.69, 9.17) is 11.6 Å². The minimum atomic E-state index is -0.0841. The zero-order valence-electron chi connectivity index (χ0n) is 12.6. The largest absolute Gasteiger partial charge is 0.322 e. The van der Waals surface area contributed by atoms with Crippen molar-refractivity contribution in [2.75, 3.05) is 5.32 Å². The summed E-state index contributed by atoms with van der Waals surface area (Å²) in [7, 11) is 0. The third-order valence-electron chi connectivity index (χ3n) is 3.35. The molecule has 0 aliphatic heterocycles. The van der Waals surface area contributed by atoms with Crippen LogP contribution in [0.3, 0.4) is 0 Å². The molecule has 2 aromatic carbocycles. The fourth-order valence-corrected chi connectivity index (χ4v) is 2.39. The monoisotopic (exact) mass is 301 g/mol. The topological polar surface area (TPSA) is 29.1 Å². The fraction of sp³-hybridized carbons (Fsp3) is 0.278. The van der Waals surface area contributed by atoms with E-state index in [0.29, 0.717) is 11.4 Å². The number of hydrogen-bond donors (Lipinski definition) is 1. The molecule has 0 heterocycles. The highest BCUT2D eigenvalue weighted by molar-refractivity contribution is 6.17. The van der Waals surface area contributed by atoms with Crippen LogP contribution in [0, 0.1) is 0 Å². The van der Waals surface area contributed by atoms with E-state index in [9.17, 15) is 4.79 Å². The molecule has 0 atom stereocenters. The summed E-state index contributed by atoms with van der Waals surface area (Å²) < 4.78 is 0. The van der Waals surface area contributed by atoms with Crippen LogP contribution < -0.4 is 5.32 Å². The summed E-state index contributed by atoms with van der Waals surface area (Å²) in [6.07, 6.45) is 0. The van der Waals surface area contributed by atoms with E-state index < -0.39 is 0 Å². The van der Waals surface area contributed by atoms with Gasteiger partial charge in [-0.05, 0) is 34.7 Å². The summed E-state index contributed by atoms with van der Waals surface area (Å²) in [4.78, 5) is 12.5. The van der Waals surface area contributed by atoms with E-state index >= 15 is 0 Å². The predicted molar refractivity (Wildman–Crippen MR) is 89.1 cm³/mol. The van der Waals surface area contributed by atoms with Crippen LogP contribution in [0.15, 0.2) is 48.5 Å². The quantitative estimate of drug-likeness (QED) is 0.796. The van der Waals surface area contributed by atoms with Crippen molar-refractivity contribution in [3.8, 4) is 0 Å². The molecule has 0 aliphatic rings. The van der Waals surface area contributed by atoms with E-state index in [1.165, 1.54) is 0 Å². The fourth-order valence-electron chi connectivity index (χ4n) is 2.21. The molecule has 2 aromatic rings. The molecule has 0 bridgehead atoms. The minimum absolute atomic E-state index is 0.0730. The third kappa shape index (κ3) is 3.85. The number of amides is 1. The Morgan fingerprint density at radius 3 is 2.24 bits per heavy atom. The van der Waals surface area contributed by atoms with Crippen LogP contribution >= 0.6 is 11.6 Å². The van der Waals surface area contributed by atoms with Crippen LogP contribution in [0.5, 0.6) is 0 Å². The molecule has 1 amide bonds. The predicted octanol–water partition coefficient (Wildman–Crippen LogP) is 4.98. The molecule has 2 nitrogen and oxygen atoms in total. The maximum Gasteiger partial charge on any atom is 0.255 e. The molecule has 3 heteroatoms. The van der Waals surface area contributed by atoms with Gasteiger partial charge in [0, 0.05) is 17.1 Å². The van der Waals surface area contributed by atoms with Gasteiger partial charge in [-0.3, -0.25) is 4.79 Å². The molecule has 0 radical (unpaired) electrons. The molecule has 2 rings (SSSR count). The van der Waals surface area contributed by atoms with Crippen molar-refractivity contribution >= 4 is 23.2 Å². The Bertz CT molecular complexity index is 626. The van der Waals surface area contributed by atoms with Crippen molar-refractivity contribution in [3.63, 3.8) is 0 Å². The maximum absolute atomic E-state index is 12.5. The number of alkyl halides is 1. The Morgan fingerprint density at radius 2 is 1.67 bits per heavy atom. The number of nitrogens with one attached hydrogen (secondary N) is 1. The Labute approximate surface area is 131 Å². The van der Waals surface area contributed by atoms with Gasteiger partial charge in [-0.1, -0.05) is 51.1 Å². The molecule has 0 saturated carbocycles. The van der Waals surface area contributed by atoms with Crippen LogP contribution in [-0.2, 0) is 11.3 Å². The highest BCUT2D eigenvalue weighted by Gasteiger charge is 2.21. The molecule has 1 N–H and O–H groups in total. The second-order valence-electron chi connectivity index (χ2n) is 6.08. The first-order valence-electron chi connectivity index (χ1n) is 6.97. The van der Waals surface area contributed by atoms with Gasteiger partial charge in [-0.2, -0.15) is 0 Å². The second kappa shape index (κ2) is 6.31. The van der Waals surface area contributed by atoms with Crippen molar-refractivity contribution in [2.45, 2.75) is 32.1 Å². The first-order valence-corrected chi connectivity index (χ1v) is 7.51. The van der Waals surface area contributed by atoms with E-state index in [1.54, 1.807) is 0 Å². The van der Waals surface area contributed by atoms with Gasteiger partial charge in [0.1, 0.15) is 0 Å².